The Morgan fingerprint density at radius 2 is 2.00 bits per heavy atom. The number of amides is 1. The number of aromatic amines is 1. The van der Waals surface area contributed by atoms with Crippen LogP contribution in [-0.4, -0.2) is 65.2 Å². The summed E-state index contributed by atoms with van der Waals surface area (Å²) in [5.74, 6) is 0.684. The zero-order chi connectivity index (χ0) is 19.3. The minimum absolute atomic E-state index is 0.0222. The van der Waals surface area contributed by atoms with E-state index in [4.69, 9.17) is 16.3 Å². The van der Waals surface area contributed by atoms with E-state index >= 15 is 0 Å². The van der Waals surface area contributed by atoms with Crippen molar-refractivity contribution in [3.63, 3.8) is 0 Å². The Kier molecular flexibility index (Phi) is 5.95. The highest BCUT2D eigenvalue weighted by molar-refractivity contribution is 7.13. The number of nitrogens with one attached hydrogen (secondary N) is 1. The predicted molar refractivity (Wildman–Crippen MR) is 111 cm³/mol. The van der Waals surface area contributed by atoms with Crippen LogP contribution in [0.4, 0.5) is 0 Å². The van der Waals surface area contributed by atoms with E-state index in [1.54, 1.807) is 11.3 Å². The number of carbonyl (C=O) groups is 1. The summed E-state index contributed by atoms with van der Waals surface area (Å²) in [5, 5.41) is 9.79. The van der Waals surface area contributed by atoms with Crippen molar-refractivity contribution in [1.29, 1.82) is 0 Å². The van der Waals surface area contributed by atoms with E-state index in [2.05, 4.69) is 15.1 Å². The normalized spacial score (nSPS) is 15.0. The Labute approximate surface area is 172 Å². The van der Waals surface area contributed by atoms with Gasteiger partial charge in [0.2, 0.25) is 0 Å². The third kappa shape index (κ3) is 4.38. The Morgan fingerprint density at radius 1 is 1.18 bits per heavy atom. The number of ether oxygens (including phenoxy) is 1. The molecule has 3 heterocycles. The Balaban J connectivity index is 1.25. The fourth-order valence-electron chi connectivity index (χ4n) is 3.17. The summed E-state index contributed by atoms with van der Waals surface area (Å²) in [6.07, 6.45) is 0. The lowest BCUT2D eigenvalue weighted by Gasteiger charge is -2.34. The number of para-hydroxylation sites is 1. The van der Waals surface area contributed by atoms with Gasteiger partial charge in [0.25, 0.3) is 5.91 Å². The number of hydrogen-bond acceptors (Lipinski definition) is 5. The van der Waals surface area contributed by atoms with Crippen LogP contribution in [-0.2, 0) is 0 Å². The predicted octanol–water partition coefficient (Wildman–Crippen LogP) is 3.63. The maximum atomic E-state index is 12.7. The molecule has 1 saturated heterocycles. The van der Waals surface area contributed by atoms with Crippen molar-refractivity contribution in [3.05, 3.63) is 58.6 Å². The molecule has 0 radical (unpaired) electrons. The SMILES string of the molecule is O=C(c1cc(-c2cccs2)[nH]n1)N1CCN(CCOc2ccccc2Cl)CC1. The molecule has 0 aliphatic carbocycles. The highest BCUT2D eigenvalue weighted by atomic mass is 35.5. The number of H-pyrrole nitrogens is 1. The largest absolute Gasteiger partial charge is 0.491 e. The second-order valence-electron chi connectivity index (χ2n) is 6.56. The van der Waals surface area contributed by atoms with Gasteiger partial charge in [0.15, 0.2) is 5.69 Å². The number of benzene rings is 1. The summed E-state index contributed by atoms with van der Waals surface area (Å²) in [6.45, 7) is 4.39. The Bertz CT molecular complexity index is 920. The second kappa shape index (κ2) is 8.77. The molecular weight excluding hydrogens is 396 g/mol. The number of hydrogen-bond donors (Lipinski definition) is 1. The van der Waals surface area contributed by atoms with Crippen molar-refractivity contribution >= 4 is 28.8 Å². The third-order valence-corrected chi connectivity index (χ3v) is 5.96. The van der Waals surface area contributed by atoms with Crippen LogP contribution in [0.1, 0.15) is 10.5 Å². The zero-order valence-corrected chi connectivity index (χ0v) is 16.9. The molecule has 2 aromatic heterocycles. The smallest absolute Gasteiger partial charge is 0.274 e. The number of rotatable bonds is 6. The van der Waals surface area contributed by atoms with Crippen LogP contribution in [0.25, 0.3) is 10.6 Å². The first kappa shape index (κ1) is 19.0. The Morgan fingerprint density at radius 3 is 2.75 bits per heavy atom. The van der Waals surface area contributed by atoms with E-state index in [0.29, 0.717) is 36.2 Å². The van der Waals surface area contributed by atoms with Crippen molar-refractivity contribution in [2.75, 3.05) is 39.3 Å². The van der Waals surface area contributed by atoms with E-state index in [1.807, 2.05) is 52.7 Å². The molecule has 1 fully saturated rings. The van der Waals surface area contributed by atoms with Crippen LogP contribution in [0.5, 0.6) is 5.75 Å². The summed E-state index contributed by atoms with van der Waals surface area (Å²) in [4.78, 5) is 17.9. The molecule has 0 bridgehead atoms. The quantitative estimate of drug-likeness (QED) is 0.666. The summed E-state index contributed by atoms with van der Waals surface area (Å²) in [5.41, 5.74) is 1.35. The first-order valence-electron chi connectivity index (χ1n) is 9.19. The van der Waals surface area contributed by atoms with Crippen LogP contribution in [0.2, 0.25) is 5.02 Å². The number of carbonyl (C=O) groups excluding carboxylic acids is 1. The molecule has 1 amide bonds. The lowest BCUT2D eigenvalue weighted by molar-refractivity contribution is 0.0614. The first-order chi connectivity index (χ1) is 13.7. The molecule has 3 aromatic rings. The van der Waals surface area contributed by atoms with Gasteiger partial charge in [-0.2, -0.15) is 5.10 Å². The number of aromatic nitrogens is 2. The van der Waals surface area contributed by atoms with Gasteiger partial charge in [0, 0.05) is 32.7 Å². The molecule has 1 aliphatic heterocycles. The molecule has 0 spiro atoms. The molecule has 1 aliphatic rings. The molecule has 0 atom stereocenters. The van der Waals surface area contributed by atoms with Gasteiger partial charge < -0.3 is 9.64 Å². The number of halogens is 1. The molecule has 28 heavy (non-hydrogen) atoms. The van der Waals surface area contributed by atoms with Crippen LogP contribution in [0.3, 0.4) is 0 Å². The number of thiophene rings is 1. The summed E-state index contributed by atoms with van der Waals surface area (Å²) in [6, 6.07) is 13.3. The molecule has 1 aromatic carbocycles. The van der Waals surface area contributed by atoms with E-state index in [-0.39, 0.29) is 5.91 Å². The van der Waals surface area contributed by atoms with Crippen molar-refractivity contribution in [3.8, 4) is 16.3 Å². The van der Waals surface area contributed by atoms with Gasteiger partial charge in [-0.1, -0.05) is 29.8 Å². The van der Waals surface area contributed by atoms with E-state index in [1.165, 1.54) is 0 Å². The minimum Gasteiger partial charge on any atom is -0.491 e. The number of nitrogens with zero attached hydrogens (tertiary/aromatic N) is 3. The van der Waals surface area contributed by atoms with E-state index in [9.17, 15) is 4.79 Å². The van der Waals surface area contributed by atoms with Gasteiger partial charge in [-0.25, -0.2) is 0 Å². The topological polar surface area (TPSA) is 61.5 Å². The van der Waals surface area contributed by atoms with Gasteiger partial charge in [0.1, 0.15) is 12.4 Å². The first-order valence-corrected chi connectivity index (χ1v) is 10.4. The van der Waals surface area contributed by atoms with Gasteiger partial charge in [0.05, 0.1) is 15.6 Å². The molecule has 8 heteroatoms. The minimum atomic E-state index is -0.0222. The highest BCUT2D eigenvalue weighted by Gasteiger charge is 2.24. The molecule has 0 unspecified atom stereocenters. The van der Waals surface area contributed by atoms with Crippen LogP contribution in [0, 0.1) is 0 Å². The van der Waals surface area contributed by atoms with E-state index < -0.39 is 0 Å². The zero-order valence-electron chi connectivity index (χ0n) is 15.3. The molecule has 4 rings (SSSR count). The van der Waals surface area contributed by atoms with Gasteiger partial charge in [-0.3, -0.25) is 14.8 Å². The van der Waals surface area contributed by atoms with Crippen molar-refractivity contribution in [1.82, 2.24) is 20.0 Å². The van der Waals surface area contributed by atoms with E-state index in [0.717, 1.165) is 30.2 Å². The average molecular weight is 417 g/mol. The Hall–Kier alpha value is -2.35. The van der Waals surface area contributed by atoms with Crippen molar-refractivity contribution in [2.24, 2.45) is 0 Å². The summed E-state index contributed by atoms with van der Waals surface area (Å²) >= 11 is 7.72. The van der Waals surface area contributed by atoms with Crippen molar-refractivity contribution < 1.29 is 9.53 Å². The maximum absolute atomic E-state index is 12.7. The highest BCUT2D eigenvalue weighted by Crippen LogP contribution is 2.24. The fourth-order valence-corrected chi connectivity index (χ4v) is 4.06. The monoisotopic (exact) mass is 416 g/mol. The van der Waals surface area contributed by atoms with Gasteiger partial charge in [-0.15, -0.1) is 11.3 Å². The molecule has 0 saturated carbocycles. The van der Waals surface area contributed by atoms with Crippen LogP contribution >= 0.6 is 22.9 Å². The summed E-state index contributed by atoms with van der Waals surface area (Å²) in [7, 11) is 0. The molecular formula is C20H21ClN4O2S. The number of piperazine rings is 1. The summed E-state index contributed by atoms with van der Waals surface area (Å²) < 4.78 is 5.75. The molecule has 146 valence electrons. The third-order valence-electron chi connectivity index (χ3n) is 4.74. The maximum Gasteiger partial charge on any atom is 0.274 e. The standard InChI is InChI=1S/C20H21ClN4O2S/c21-15-4-1-2-5-18(15)27-12-11-24-7-9-25(10-8-24)20(26)17-14-16(22-23-17)19-6-3-13-28-19/h1-6,13-14H,7-12H2,(H,22,23). The lowest BCUT2D eigenvalue weighted by atomic mass is 10.2. The lowest BCUT2D eigenvalue weighted by Crippen LogP contribution is -2.49. The van der Waals surface area contributed by atoms with Crippen molar-refractivity contribution in [2.45, 2.75) is 0 Å². The fraction of sp³-hybridized carbons (Fsp3) is 0.300. The average Bonchev–Trinajstić information content (AvgIpc) is 3.41. The van der Waals surface area contributed by atoms with Crippen LogP contribution in [0.15, 0.2) is 47.8 Å². The second-order valence-corrected chi connectivity index (χ2v) is 7.91. The van der Waals surface area contributed by atoms with Gasteiger partial charge in [-0.05, 0) is 29.6 Å². The molecule has 6 nitrogen and oxygen atoms in total. The van der Waals surface area contributed by atoms with Crippen LogP contribution < -0.4 is 4.74 Å². The molecule has 1 N–H and O–H groups in total. The van der Waals surface area contributed by atoms with Gasteiger partial charge >= 0.3 is 0 Å².